The number of rotatable bonds is 10. The number of esters is 1. The molecule has 29 heavy (non-hydrogen) atoms. The van der Waals surface area contributed by atoms with Crippen LogP contribution in [0, 0.1) is 0 Å². The number of nitrogens with two attached hydrogens (primary N) is 1. The Morgan fingerprint density at radius 2 is 1.48 bits per heavy atom. The molecule has 0 bridgehead atoms. The Morgan fingerprint density at radius 3 is 2.00 bits per heavy atom. The van der Waals surface area contributed by atoms with Gasteiger partial charge in [0.2, 0.25) is 0 Å². The summed E-state index contributed by atoms with van der Waals surface area (Å²) in [6.07, 6.45) is 0.214. The molecular weight excluding hydrogens is 409 g/mol. The van der Waals surface area contributed by atoms with Crippen molar-refractivity contribution in [3.8, 4) is 0 Å². The molecule has 0 aliphatic carbocycles. The van der Waals surface area contributed by atoms with Crippen molar-refractivity contribution in [3.05, 3.63) is 48.5 Å². The molecule has 0 fully saturated rings. The smallest absolute Gasteiger partial charge is 0.307 e. The summed E-state index contributed by atoms with van der Waals surface area (Å²) >= 11 is 12.5. The predicted octanol–water partition coefficient (Wildman–Crippen LogP) is 4.06. The van der Waals surface area contributed by atoms with E-state index in [1.54, 1.807) is 0 Å². The van der Waals surface area contributed by atoms with Crippen molar-refractivity contribution < 1.29 is 9.53 Å². The Morgan fingerprint density at radius 1 is 0.931 bits per heavy atom. The van der Waals surface area contributed by atoms with Crippen LogP contribution in [0.15, 0.2) is 48.5 Å². The number of quaternary nitrogens is 1. The van der Waals surface area contributed by atoms with Crippen molar-refractivity contribution in [2.24, 2.45) is 5.73 Å². The van der Waals surface area contributed by atoms with E-state index in [4.69, 9.17) is 38.7 Å². The van der Waals surface area contributed by atoms with Crippen LogP contribution in [0.2, 0.25) is 0 Å². The quantitative estimate of drug-likeness (QED) is 0.226. The summed E-state index contributed by atoms with van der Waals surface area (Å²) in [7, 11) is 0. The normalized spacial score (nSPS) is 11.8. The van der Waals surface area contributed by atoms with Crippen molar-refractivity contribution >= 4 is 56.7 Å². The zero-order chi connectivity index (χ0) is 20.7. The third-order valence-corrected chi connectivity index (χ3v) is 5.53. The molecule has 5 nitrogen and oxygen atoms in total. The van der Waals surface area contributed by atoms with Gasteiger partial charge in [0.25, 0.3) is 0 Å². The van der Waals surface area contributed by atoms with Crippen LogP contribution in [0.25, 0.3) is 21.8 Å². The standard InChI is InChI=1S/C22H26Cl2N3O2/c23-10-13-27(14-11-24,15-16-29-21(28)9-12-25)22-17-5-1-3-7-19(17)26-20-8-4-2-6-18(20)22/h1-8H,9-16,25H2/q+1. The molecule has 3 rings (SSSR count). The van der Waals surface area contributed by atoms with Crippen molar-refractivity contribution in [3.63, 3.8) is 0 Å². The van der Waals surface area contributed by atoms with Gasteiger partial charge in [0.1, 0.15) is 13.2 Å². The number of carbonyl (C=O) groups is 1. The van der Waals surface area contributed by atoms with Gasteiger partial charge in [-0.25, -0.2) is 4.98 Å². The van der Waals surface area contributed by atoms with Gasteiger partial charge in [0.15, 0.2) is 5.69 Å². The lowest BCUT2D eigenvalue weighted by Gasteiger charge is -2.38. The highest BCUT2D eigenvalue weighted by Crippen LogP contribution is 2.38. The fourth-order valence-corrected chi connectivity index (χ4v) is 4.49. The monoisotopic (exact) mass is 434 g/mol. The number of ether oxygens (including phenoxy) is 1. The number of fused-ring (bicyclic) bond motifs is 2. The van der Waals surface area contributed by atoms with E-state index in [2.05, 4.69) is 12.1 Å². The molecule has 0 radical (unpaired) electrons. The molecular formula is C22H26Cl2N3O2+. The Bertz CT molecular complexity index is 921. The number of pyridine rings is 1. The molecule has 0 aliphatic rings. The molecule has 154 valence electrons. The van der Waals surface area contributed by atoms with Crippen molar-refractivity contribution in [1.29, 1.82) is 0 Å². The van der Waals surface area contributed by atoms with Gasteiger partial charge in [-0.2, -0.15) is 0 Å². The van der Waals surface area contributed by atoms with E-state index in [0.29, 0.717) is 35.9 Å². The molecule has 0 saturated heterocycles. The molecule has 2 N–H and O–H groups in total. The number of benzene rings is 2. The van der Waals surface area contributed by atoms with Crippen LogP contribution in [-0.2, 0) is 9.53 Å². The first-order valence-corrected chi connectivity index (χ1v) is 10.8. The number of para-hydroxylation sites is 2. The van der Waals surface area contributed by atoms with Gasteiger partial charge in [0, 0.05) is 6.54 Å². The van der Waals surface area contributed by atoms with Gasteiger partial charge in [0.05, 0.1) is 53.1 Å². The second-order valence-corrected chi connectivity index (χ2v) is 7.70. The molecule has 0 saturated carbocycles. The average molecular weight is 435 g/mol. The number of alkyl halides is 2. The SMILES string of the molecule is NCCC(=O)OCC[N+](CCCl)(CCCl)c1c2ccccc2nc2ccccc12. The van der Waals surface area contributed by atoms with E-state index in [1.807, 2.05) is 36.4 Å². The number of hydrogen-bond acceptors (Lipinski definition) is 4. The van der Waals surface area contributed by atoms with Gasteiger partial charge >= 0.3 is 5.97 Å². The second-order valence-electron chi connectivity index (χ2n) is 6.95. The van der Waals surface area contributed by atoms with E-state index < -0.39 is 0 Å². The molecule has 7 heteroatoms. The van der Waals surface area contributed by atoms with Gasteiger partial charge < -0.3 is 10.5 Å². The van der Waals surface area contributed by atoms with E-state index in [0.717, 1.165) is 27.5 Å². The average Bonchev–Trinajstić information content (AvgIpc) is 2.72. The molecule has 2 aromatic carbocycles. The first-order chi connectivity index (χ1) is 14.1. The van der Waals surface area contributed by atoms with Crippen LogP contribution >= 0.6 is 23.2 Å². The highest BCUT2D eigenvalue weighted by Gasteiger charge is 2.34. The molecule has 0 unspecified atom stereocenters. The van der Waals surface area contributed by atoms with Crippen LogP contribution in [0.4, 0.5) is 5.69 Å². The summed E-state index contributed by atoms with van der Waals surface area (Å²) in [6.45, 7) is 2.47. The topological polar surface area (TPSA) is 65.2 Å². The highest BCUT2D eigenvalue weighted by atomic mass is 35.5. The predicted molar refractivity (Wildman–Crippen MR) is 122 cm³/mol. The lowest BCUT2D eigenvalue weighted by Crippen LogP contribution is -2.54. The number of nitrogens with zero attached hydrogens (tertiary/aromatic N) is 2. The third kappa shape index (κ3) is 4.81. The molecule has 0 aliphatic heterocycles. The van der Waals surface area contributed by atoms with Crippen molar-refractivity contribution in [2.75, 3.05) is 44.5 Å². The highest BCUT2D eigenvalue weighted by molar-refractivity contribution is 6.19. The third-order valence-electron chi connectivity index (χ3n) is 5.19. The van der Waals surface area contributed by atoms with E-state index in [1.165, 1.54) is 0 Å². The lowest BCUT2D eigenvalue weighted by atomic mass is 10.0. The fourth-order valence-electron chi connectivity index (χ4n) is 3.85. The largest absolute Gasteiger partial charge is 0.460 e. The molecule has 3 aromatic rings. The second kappa shape index (κ2) is 10.2. The Kier molecular flexibility index (Phi) is 7.67. The van der Waals surface area contributed by atoms with Crippen LogP contribution in [0.5, 0.6) is 0 Å². The van der Waals surface area contributed by atoms with E-state index >= 15 is 0 Å². The van der Waals surface area contributed by atoms with Gasteiger partial charge in [-0.15, -0.1) is 23.2 Å². The minimum Gasteiger partial charge on any atom is -0.460 e. The maximum absolute atomic E-state index is 11.8. The van der Waals surface area contributed by atoms with Gasteiger partial charge in [-0.3, -0.25) is 9.28 Å². The summed E-state index contributed by atoms with van der Waals surface area (Å²) in [5.74, 6) is 0.629. The zero-order valence-electron chi connectivity index (χ0n) is 16.3. The van der Waals surface area contributed by atoms with Crippen LogP contribution < -0.4 is 10.2 Å². The molecule has 0 spiro atoms. The fraction of sp³-hybridized carbons (Fsp3) is 0.364. The van der Waals surface area contributed by atoms with Crippen molar-refractivity contribution in [1.82, 2.24) is 9.47 Å². The number of carbonyl (C=O) groups excluding carboxylic acids is 1. The number of halogens is 2. The summed E-state index contributed by atoms with van der Waals surface area (Å²) in [6, 6.07) is 16.2. The Balaban J connectivity index is 2.15. The number of aromatic nitrogens is 1. The van der Waals surface area contributed by atoms with Gasteiger partial charge in [-0.1, -0.05) is 24.3 Å². The Labute approximate surface area is 180 Å². The first-order valence-electron chi connectivity index (χ1n) is 9.77. The summed E-state index contributed by atoms with van der Waals surface area (Å²) in [5, 5.41) is 2.13. The lowest BCUT2D eigenvalue weighted by molar-refractivity contribution is -0.143. The summed E-state index contributed by atoms with van der Waals surface area (Å²) in [4.78, 5) is 16.7. The Hall–Kier alpha value is -1.92. The van der Waals surface area contributed by atoms with Gasteiger partial charge in [-0.05, 0) is 24.3 Å². The number of hydrogen-bond donors (Lipinski definition) is 1. The van der Waals surface area contributed by atoms with Crippen LogP contribution in [-0.4, -0.2) is 55.5 Å². The zero-order valence-corrected chi connectivity index (χ0v) is 17.8. The van der Waals surface area contributed by atoms with E-state index in [9.17, 15) is 4.79 Å². The first kappa shape index (κ1) is 21.8. The minimum atomic E-state index is -0.285. The van der Waals surface area contributed by atoms with Crippen LogP contribution in [0.3, 0.4) is 0 Å². The molecule has 1 aromatic heterocycles. The molecule has 0 atom stereocenters. The molecule has 1 heterocycles. The molecule has 0 amide bonds. The van der Waals surface area contributed by atoms with Crippen LogP contribution in [0.1, 0.15) is 6.42 Å². The summed E-state index contributed by atoms with van der Waals surface area (Å²) < 4.78 is 5.96. The van der Waals surface area contributed by atoms with Crippen molar-refractivity contribution in [2.45, 2.75) is 6.42 Å². The maximum atomic E-state index is 11.8. The van der Waals surface area contributed by atoms with E-state index in [-0.39, 0.29) is 25.5 Å². The summed E-state index contributed by atoms with van der Waals surface area (Å²) in [5.41, 5.74) is 8.43. The minimum absolute atomic E-state index is 0.214. The maximum Gasteiger partial charge on any atom is 0.307 e.